The van der Waals surface area contributed by atoms with E-state index in [4.69, 9.17) is 0 Å². The van der Waals surface area contributed by atoms with Gasteiger partial charge in [-0.1, -0.05) is 6.92 Å². The van der Waals surface area contributed by atoms with Crippen LogP contribution < -0.4 is 4.90 Å². The predicted molar refractivity (Wildman–Crippen MR) is 93.1 cm³/mol. The van der Waals surface area contributed by atoms with E-state index in [-0.39, 0.29) is 11.5 Å². The Bertz CT molecular complexity index is 626. The van der Waals surface area contributed by atoms with E-state index in [1.54, 1.807) is 0 Å². The summed E-state index contributed by atoms with van der Waals surface area (Å²) in [6, 6.07) is 4.23. The van der Waals surface area contributed by atoms with E-state index >= 15 is 0 Å². The van der Waals surface area contributed by atoms with Crippen LogP contribution in [0.4, 0.5) is 5.69 Å². The molecule has 0 aromatic heterocycles. The van der Waals surface area contributed by atoms with Crippen LogP contribution in [0.1, 0.15) is 56.1 Å². The van der Waals surface area contributed by atoms with Gasteiger partial charge in [0.05, 0.1) is 11.8 Å². The van der Waals surface area contributed by atoms with E-state index in [1.165, 1.54) is 30.4 Å². The lowest BCUT2D eigenvalue weighted by Gasteiger charge is -2.50. The maximum Gasteiger partial charge on any atom is 0.139 e. The summed E-state index contributed by atoms with van der Waals surface area (Å²) in [5, 5.41) is 20.8. The van der Waals surface area contributed by atoms with Gasteiger partial charge in [-0.3, -0.25) is 0 Å². The lowest BCUT2D eigenvalue weighted by Crippen LogP contribution is -2.43. The largest absolute Gasteiger partial charge is 0.506 e. The number of benzene rings is 1. The van der Waals surface area contributed by atoms with Gasteiger partial charge in [-0.15, -0.1) is 0 Å². The maximum atomic E-state index is 10.5. The number of anilines is 1. The van der Waals surface area contributed by atoms with Crippen molar-refractivity contribution < 1.29 is 10.2 Å². The molecule has 5 atom stereocenters. The van der Waals surface area contributed by atoms with Gasteiger partial charge in [0.15, 0.2) is 0 Å². The smallest absolute Gasteiger partial charge is 0.139 e. The first-order chi connectivity index (χ1) is 10.9. The van der Waals surface area contributed by atoms with Crippen molar-refractivity contribution in [2.75, 3.05) is 19.0 Å². The van der Waals surface area contributed by atoms with Gasteiger partial charge in [-0.25, -0.2) is 0 Å². The third-order valence-electron chi connectivity index (χ3n) is 7.25. The summed E-state index contributed by atoms with van der Waals surface area (Å²) in [5.41, 5.74) is 3.88. The molecule has 0 bridgehead atoms. The van der Waals surface area contributed by atoms with Crippen molar-refractivity contribution in [3.63, 3.8) is 0 Å². The van der Waals surface area contributed by atoms with E-state index < -0.39 is 0 Å². The van der Waals surface area contributed by atoms with Crippen molar-refractivity contribution in [1.29, 1.82) is 0 Å². The highest BCUT2D eigenvalue weighted by molar-refractivity contribution is 5.61. The molecule has 1 aromatic rings. The second-order valence-corrected chi connectivity index (χ2v) is 8.49. The molecule has 3 heteroatoms. The first kappa shape index (κ1) is 15.3. The molecule has 0 heterocycles. The minimum Gasteiger partial charge on any atom is -0.506 e. The average Bonchev–Trinajstić information content (AvgIpc) is 2.81. The van der Waals surface area contributed by atoms with Crippen molar-refractivity contribution in [3.8, 4) is 5.75 Å². The number of hydrogen-bond acceptors (Lipinski definition) is 3. The molecule has 0 amide bonds. The molecule has 0 saturated heterocycles. The normalized spacial score (nSPS) is 38.6. The molecule has 1 aromatic carbocycles. The Balaban J connectivity index is 1.73. The zero-order chi connectivity index (χ0) is 16.4. The van der Waals surface area contributed by atoms with E-state index in [9.17, 15) is 10.2 Å². The number of phenolic OH excluding ortho intramolecular Hbond substituents is 1. The number of nitrogens with zero attached hydrogens (tertiary/aromatic N) is 1. The first-order valence-corrected chi connectivity index (χ1v) is 9.13. The minimum absolute atomic E-state index is 0.105. The molecule has 2 fully saturated rings. The fourth-order valence-corrected chi connectivity index (χ4v) is 5.93. The van der Waals surface area contributed by atoms with Crippen LogP contribution in [0.3, 0.4) is 0 Å². The number of aryl methyl sites for hydroxylation is 1. The molecule has 0 aliphatic heterocycles. The standard InChI is InChI=1S/C20H29NO2/c1-20-9-8-13-14(16(20)6-7-19(20)23)5-4-12-10-18(22)17(21(2)3)11-15(12)13/h10-11,13-14,16,19,22-23H,4-9H2,1-3H3. The van der Waals surface area contributed by atoms with Gasteiger partial charge >= 0.3 is 0 Å². The van der Waals surface area contributed by atoms with Gasteiger partial charge in [0.1, 0.15) is 5.75 Å². The molecule has 3 aliphatic carbocycles. The highest BCUT2D eigenvalue weighted by atomic mass is 16.3. The first-order valence-electron chi connectivity index (χ1n) is 9.13. The SMILES string of the molecule is CN(C)c1cc2c(cc1O)CCC1C2CCC2(C)C(O)CCC12. The Labute approximate surface area is 139 Å². The Morgan fingerprint density at radius 1 is 1.13 bits per heavy atom. The fourth-order valence-electron chi connectivity index (χ4n) is 5.93. The van der Waals surface area contributed by atoms with Crippen LogP contribution in [-0.2, 0) is 6.42 Å². The molecule has 0 radical (unpaired) electrons. The second-order valence-electron chi connectivity index (χ2n) is 8.49. The highest BCUT2D eigenvalue weighted by Gasteiger charge is 2.54. The number of aromatic hydroxyl groups is 1. The van der Waals surface area contributed by atoms with Crippen LogP contribution in [0.5, 0.6) is 5.75 Å². The molecule has 23 heavy (non-hydrogen) atoms. The third-order valence-corrected chi connectivity index (χ3v) is 7.25. The molecule has 3 aliphatic rings. The molecule has 5 unspecified atom stereocenters. The van der Waals surface area contributed by atoms with E-state index in [0.29, 0.717) is 23.5 Å². The van der Waals surface area contributed by atoms with Crippen LogP contribution in [0.25, 0.3) is 0 Å². The van der Waals surface area contributed by atoms with Gasteiger partial charge in [0.25, 0.3) is 0 Å². The number of phenols is 1. The fraction of sp³-hybridized carbons (Fsp3) is 0.700. The monoisotopic (exact) mass is 315 g/mol. The van der Waals surface area contributed by atoms with Gasteiger partial charge < -0.3 is 15.1 Å². The van der Waals surface area contributed by atoms with Crippen molar-refractivity contribution in [2.24, 2.45) is 17.3 Å². The molecular weight excluding hydrogens is 286 g/mol. The van der Waals surface area contributed by atoms with E-state index in [1.807, 2.05) is 25.1 Å². The number of rotatable bonds is 1. The van der Waals surface area contributed by atoms with Gasteiger partial charge in [-0.05, 0) is 85.0 Å². The van der Waals surface area contributed by atoms with Gasteiger partial charge in [-0.2, -0.15) is 0 Å². The zero-order valence-corrected chi connectivity index (χ0v) is 14.5. The van der Waals surface area contributed by atoms with E-state index in [2.05, 4.69) is 13.0 Å². The summed E-state index contributed by atoms with van der Waals surface area (Å²) in [6.45, 7) is 2.32. The Kier molecular flexibility index (Phi) is 3.42. The average molecular weight is 315 g/mol. The van der Waals surface area contributed by atoms with Crippen LogP contribution in [0, 0.1) is 17.3 Å². The van der Waals surface area contributed by atoms with Crippen molar-refractivity contribution >= 4 is 5.69 Å². The quantitative estimate of drug-likeness (QED) is 0.831. The molecule has 4 rings (SSSR count). The molecular formula is C20H29NO2. The van der Waals surface area contributed by atoms with Crippen molar-refractivity contribution in [1.82, 2.24) is 0 Å². The third kappa shape index (κ3) is 2.12. The number of hydrogen-bond donors (Lipinski definition) is 2. The lowest BCUT2D eigenvalue weighted by molar-refractivity contribution is -0.0226. The van der Waals surface area contributed by atoms with Crippen LogP contribution in [-0.4, -0.2) is 30.4 Å². The topological polar surface area (TPSA) is 43.7 Å². The maximum absolute atomic E-state index is 10.5. The summed E-state index contributed by atoms with van der Waals surface area (Å²) < 4.78 is 0. The summed E-state index contributed by atoms with van der Waals surface area (Å²) in [6.07, 6.45) is 6.66. The second kappa shape index (κ2) is 5.14. The summed E-state index contributed by atoms with van der Waals surface area (Å²) >= 11 is 0. The molecule has 2 N–H and O–H groups in total. The Morgan fingerprint density at radius 3 is 2.65 bits per heavy atom. The summed E-state index contributed by atoms with van der Waals surface area (Å²) in [7, 11) is 3.99. The number of aliphatic hydroxyl groups is 1. The molecule has 126 valence electrons. The lowest BCUT2D eigenvalue weighted by atomic mass is 9.55. The van der Waals surface area contributed by atoms with E-state index in [0.717, 1.165) is 24.9 Å². The minimum atomic E-state index is -0.105. The zero-order valence-electron chi connectivity index (χ0n) is 14.5. The van der Waals surface area contributed by atoms with Crippen molar-refractivity contribution in [2.45, 2.75) is 57.5 Å². The number of fused-ring (bicyclic) bond motifs is 5. The Morgan fingerprint density at radius 2 is 1.91 bits per heavy atom. The number of aliphatic hydroxyl groups excluding tert-OH is 1. The Hall–Kier alpha value is -1.22. The van der Waals surface area contributed by atoms with Crippen molar-refractivity contribution in [3.05, 3.63) is 23.3 Å². The molecule has 2 saturated carbocycles. The predicted octanol–water partition coefficient (Wildman–Crippen LogP) is 3.68. The van der Waals surface area contributed by atoms with Crippen LogP contribution in [0.2, 0.25) is 0 Å². The van der Waals surface area contributed by atoms with Crippen LogP contribution >= 0.6 is 0 Å². The van der Waals surface area contributed by atoms with Gasteiger partial charge in [0.2, 0.25) is 0 Å². The van der Waals surface area contributed by atoms with Crippen LogP contribution in [0.15, 0.2) is 12.1 Å². The summed E-state index contributed by atoms with van der Waals surface area (Å²) in [5.74, 6) is 2.39. The molecule has 0 spiro atoms. The summed E-state index contributed by atoms with van der Waals surface area (Å²) in [4.78, 5) is 2.01. The highest BCUT2D eigenvalue weighted by Crippen LogP contribution is 2.61. The van der Waals surface area contributed by atoms with Gasteiger partial charge in [0, 0.05) is 14.1 Å². The molecule has 3 nitrogen and oxygen atoms in total.